The summed E-state index contributed by atoms with van der Waals surface area (Å²) in [6, 6.07) is 8.40. The van der Waals surface area contributed by atoms with Crippen LogP contribution < -0.4 is 5.32 Å². The quantitative estimate of drug-likeness (QED) is 0.841. The predicted octanol–water partition coefficient (Wildman–Crippen LogP) is 2.69. The molecule has 0 amide bonds. The predicted molar refractivity (Wildman–Crippen MR) is 75.6 cm³/mol. The lowest BCUT2D eigenvalue weighted by Gasteiger charge is -2.17. The maximum Gasteiger partial charge on any atom is 0.0896 e. The van der Waals surface area contributed by atoms with Crippen LogP contribution >= 0.6 is 11.3 Å². The highest BCUT2D eigenvalue weighted by Crippen LogP contribution is 2.22. The van der Waals surface area contributed by atoms with Crippen molar-refractivity contribution < 1.29 is 5.11 Å². The zero-order valence-corrected chi connectivity index (χ0v) is 11.7. The highest BCUT2D eigenvalue weighted by molar-refractivity contribution is 7.10. The number of aliphatic hydroxyl groups excluding tert-OH is 1. The standard InChI is InChI=1S/C14H20N2OS/c1-11(9-13(17)14-6-4-8-18-14)15-10-12-5-3-7-16(12)2/h3-8,11,13,15,17H,9-10H2,1-2H3/t11-,13+/m0/s1. The third-order valence-corrected chi connectivity index (χ3v) is 4.10. The molecule has 18 heavy (non-hydrogen) atoms. The van der Waals surface area contributed by atoms with Crippen LogP contribution in [0.4, 0.5) is 0 Å². The van der Waals surface area contributed by atoms with Gasteiger partial charge in [0.1, 0.15) is 0 Å². The summed E-state index contributed by atoms with van der Waals surface area (Å²) in [5.41, 5.74) is 1.26. The molecule has 2 rings (SSSR count). The molecule has 3 nitrogen and oxygen atoms in total. The van der Waals surface area contributed by atoms with Crippen LogP contribution in [0.2, 0.25) is 0 Å². The first-order valence-corrected chi connectivity index (χ1v) is 7.10. The lowest BCUT2D eigenvalue weighted by molar-refractivity contribution is 0.157. The van der Waals surface area contributed by atoms with E-state index >= 15 is 0 Å². The van der Waals surface area contributed by atoms with Crippen LogP contribution in [0.1, 0.15) is 30.0 Å². The number of aliphatic hydroxyl groups is 1. The lowest BCUT2D eigenvalue weighted by Crippen LogP contribution is -2.28. The zero-order valence-electron chi connectivity index (χ0n) is 10.8. The summed E-state index contributed by atoms with van der Waals surface area (Å²) in [5.74, 6) is 0. The number of hydrogen-bond donors (Lipinski definition) is 2. The minimum absolute atomic E-state index is 0.289. The monoisotopic (exact) mass is 264 g/mol. The van der Waals surface area contributed by atoms with Gasteiger partial charge >= 0.3 is 0 Å². The number of aryl methyl sites for hydroxylation is 1. The van der Waals surface area contributed by atoms with Crippen LogP contribution in [0.15, 0.2) is 35.8 Å². The molecule has 0 fully saturated rings. The molecule has 4 heteroatoms. The van der Waals surface area contributed by atoms with Gasteiger partial charge in [0.25, 0.3) is 0 Å². The molecule has 0 aromatic carbocycles. The Kier molecular flexibility index (Phi) is 4.58. The third kappa shape index (κ3) is 3.45. The van der Waals surface area contributed by atoms with Gasteiger partial charge in [0.2, 0.25) is 0 Å². The van der Waals surface area contributed by atoms with Gasteiger partial charge in [-0.15, -0.1) is 11.3 Å². The van der Waals surface area contributed by atoms with Crippen LogP contribution in [-0.4, -0.2) is 15.7 Å². The Morgan fingerprint density at radius 3 is 2.83 bits per heavy atom. The van der Waals surface area contributed by atoms with E-state index in [2.05, 4.69) is 22.9 Å². The highest BCUT2D eigenvalue weighted by atomic mass is 32.1. The summed E-state index contributed by atoms with van der Waals surface area (Å²) in [6.45, 7) is 2.95. The number of thiophene rings is 1. The van der Waals surface area contributed by atoms with E-state index in [1.807, 2.05) is 36.8 Å². The molecule has 0 aliphatic carbocycles. The molecule has 2 heterocycles. The highest BCUT2D eigenvalue weighted by Gasteiger charge is 2.13. The van der Waals surface area contributed by atoms with Gasteiger partial charge < -0.3 is 15.0 Å². The van der Waals surface area contributed by atoms with Crippen LogP contribution in [0.25, 0.3) is 0 Å². The second-order valence-electron chi connectivity index (χ2n) is 4.66. The summed E-state index contributed by atoms with van der Waals surface area (Å²) < 4.78 is 2.11. The van der Waals surface area contributed by atoms with E-state index in [9.17, 15) is 5.11 Å². The SMILES string of the molecule is C[C@@H](C[C@@H](O)c1cccs1)NCc1cccn1C. The molecule has 0 spiro atoms. The smallest absolute Gasteiger partial charge is 0.0896 e. The Balaban J connectivity index is 1.79. The molecule has 2 N–H and O–H groups in total. The first-order chi connectivity index (χ1) is 8.66. The van der Waals surface area contributed by atoms with Crippen molar-refractivity contribution in [3.05, 3.63) is 46.4 Å². The number of rotatable bonds is 6. The van der Waals surface area contributed by atoms with Gasteiger partial charge in [-0.1, -0.05) is 6.07 Å². The molecular weight excluding hydrogens is 244 g/mol. The molecule has 2 aromatic rings. The fourth-order valence-corrected chi connectivity index (χ4v) is 2.70. The molecule has 98 valence electrons. The minimum Gasteiger partial charge on any atom is -0.388 e. The van der Waals surface area contributed by atoms with E-state index in [0.29, 0.717) is 0 Å². The second-order valence-corrected chi connectivity index (χ2v) is 5.64. The van der Waals surface area contributed by atoms with Gasteiger partial charge in [0.05, 0.1) is 6.10 Å². The van der Waals surface area contributed by atoms with E-state index in [4.69, 9.17) is 0 Å². The number of nitrogens with one attached hydrogen (secondary N) is 1. The Hall–Kier alpha value is -1.10. The van der Waals surface area contributed by atoms with E-state index in [1.54, 1.807) is 11.3 Å². The van der Waals surface area contributed by atoms with E-state index in [0.717, 1.165) is 17.8 Å². The van der Waals surface area contributed by atoms with Gasteiger partial charge in [0, 0.05) is 36.4 Å². The van der Waals surface area contributed by atoms with E-state index in [-0.39, 0.29) is 12.1 Å². The van der Waals surface area contributed by atoms with Crippen LogP contribution in [-0.2, 0) is 13.6 Å². The van der Waals surface area contributed by atoms with Crippen molar-refractivity contribution in [3.8, 4) is 0 Å². The Morgan fingerprint density at radius 1 is 1.39 bits per heavy atom. The van der Waals surface area contributed by atoms with Crippen LogP contribution in [0.3, 0.4) is 0 Å². The average molecular weight is 264 g/mol. The normalized spacial score (nSPS) is 14.6. The van der Waals surface area contributed by atoms with Crippen molar-refractivity contribution in [1.82, 2.24) is 9.88 Å². The van der Waals surface area contributed by atoms with Crippen molar-refractivity contribution in [2.45, 2.75) is 32.0 Å². The zero-order chi connectivity index (χ0) is 13.0. The van der Waals surface area contributed by atoms with Crippen molar-refractivity contribution >= 4 is 11.3 Å². The van der Waals surface area contributed by atoms with Gasteiger partial charge in [0.15, 0.2) is 0 Å². The van der Waals surface area contributed by atoms with Crippen molar-refractivity contribution in [2.75, 3.05) is 0 Å². The summed E-state index contributed by atoms with van der Waals surface area (Å²) in [4.78, 5) is 1.04. The molecule has 0 bridgehead atoms. The van der Waals surface area contributed by atoms with Crippen molar-refractivity contribution in [2.24, 2.45) is 7.05 Å². The number of aromatic nitrogens is 1. The maximum absolute atomic E-state index is 10.1. The fourth-order valence-electron chi connectivity index (χ4n) is 1.97. The molecular formula is C14H20N2OS. The van der Waals surface area contributed by atoms with Crippen LogP contribution in [0, 0.1) is 0 Å². The van der Waals surface area contributed by atoms with Gasteiger partial charge in [-0.2, -0.15) is 0 Å². The summed E-state index contributed by atoms with van der Waals surface area (Å²) >= 11 is 1.61. The molecule has 2 atom stereocenters. The largest absolute Gasteiger partial charge is 0.388 e. The Bertz CT molecular complexity index is 464. The second kappa shape index (κ2) is 6.18. The summed E-state index contributed by atoms with van der Waals surface area (Å²) in [7, 11) is 2.04. The molecule has 0 aliphatic heterocycles. The van der Waals surface area contributed by atoms with Gasteiger partial charge in [-0.05, 0) is 36.9 Å². The Labute approximate surface area is 112 Å². The molecule has 0 aliphatic rings. The van der Waals surface area contributed by atoms with E-state index in [1.165, 1.54) is 5.69 Å². The minimum atomic E-state index is -0.360. The number of hydrogen-bond acceptors (Lipinski definition) is 3. The van der Waals surface area contributed by atoms with Gasteiger partial charge in [-0.25, -0.2) is 0 Å². The molecule has 0 radical (unpaired) electrons. The number of nitrogens with zero attached hydrogens (tertiary/aromatic N) is 1. The fraction of sp³-hybridized carbons (Fsp3) is 0.429. The van der Waals surface area contributed by atoms with Crippen molar-refractivity contribution in [1.29, 1.82) is 0 Å². The maximum atomic E-state index is 10.1. The van der Waals surface area contributed by atoms with E-state index < -0.39 is 0 Å². The first kappa shape index (κ1) is 13.3. The van der Waals surface area contributed by atoms with Crippen LogP contribution in [0.5, 0.6) is 0 Å². The Morgan fingerprint density at radius 2 is 2.22 bits per heavy atom. The summed E-state index contributed by atoms with van der Waals surface area (Å²) in [5, 5.41) is 15.5. The molecule has 0 saturated carbocycles. The summed E-state index contributed by atoms with van der Waals surface area (Å²) in [6.07, 6.45) is 2.42. The van der Waals surface area contributed by atoms with Crippen molar-refractivity contribution in [3.63, 3.8) is 0 Å². The topological polar surface area (TPSA) is 37.2 Å². The average Bonchev–Trinajstić information content (AvgIpc) is 2.97. The lowest BCUT2D eigenvalue weighted by atomic mass is 10.1. The van der Waals surface area contributed by atoms with Gasteiger partial charge in [-0.3, -0.25) is 0 Å². The molecule has 0 unspecified atom stereocenters. The first-order valence-electron chi connectivity index (χ1n) is 6.22. The molecule has 0 saturated heterocycles. The third-order valence-electron chi connectivity index (χ3n) is 3.13. The molecule has 2 aromatic heterocycles.